The van der Waals surface area contributed by atoms with E-state index in [1.165, 1.54) is 35.8 Å². The molecule has 2 aliphatic rings. The van der Waals surface area contributed by atoms with Crippen molar-refractivity contribution in [3.8, 4) is 0 Å². The summed E-state index contributed by atoms with van der Waals surface area (Å²) in [5, 5.41) is 5.41. The van der Waals surface area contributed by atoms with Crippen LogP contribution >= 0.6 is 21.6 Å². The zero-order valence-electron chi connectivity index (χ0n) is 19.6. The quantitative estimate of drug-likeness (QED) is 0.238. The highest BCUT2D eigenvalue weighted by Gasteiger charge is 2.26. The highest BCUT2D eigenvalue weighted by molar-refractivity contribution is 8.76. The van der Waals surface area contributed by atoms with Gasteiger partial charge in [-0.15, -0.1) is 0 Å². The summed E-state index contributed by atoms with van der Waals surface area (Å²) >= 11 is 0. The number of carbonyl (C=O) groups is 4. The van der Waals surface area contributed by atoms with E-state index >= 15 is 0 Å². The van der Waals surface area contributed by atoms with Crippen molar-refractivity contribution in [3.63, 3.8) is 0 Å². The smallest absolute Gasteiger partial charge is 0.329 e. The van der Waals surface area contributed by atoms with Crippen LogP contribution < -0.4 is 10.6 Å². The maximum Gasteiger partial charge on any atom is 0.329 e. The molecule has 12 heteroatoms. The standard InChI is InChI=1S/C22H30N4O6S2/c1-25-9-5-7-15(11-25)19(27)23-17(21(29)31-3)13-33-34-14-18(22(30)32-4)24-20(28)16-8-6-10-26(2)12-16/h5-6,9-12,17-18H,7-8,13-14H2,1-4H3,(H,23,27)(H,24,28). The van der Waals surface area contributed by atoms with Gasteiger partial charge in [-0.3, -0.25) is 9.59 Å². The maximum atomic E-state index is 12.6. The first kappa shape index (κ1) is 27.4. The fourth-order valence-corrected chi connectivity index (χ4v) is 5.33. The molecule has 2 atom stereocenters. The van der Waals surface area contributed by atoms with Gasteiger partial charge in [-0.1, -0.05) is 33.7 Å². The fourth-order valence-electron chi connectivity index (χ4n) is 3.03. The van der Waals surface area contributed by atoms with Crippen molar-refractivity contribution in [2.75, 3.05) is 39.8 Å². The lowest BCUT2D eigenvalue weighted by Crippen LogP contribution is -2.45. The van der Waals surface area contributed by atoms with Gasteiger partial charge in [-0.2, -0.15) is 0 Å². The fraction of sp³-hybridized carbons (Fsp3) is 0.455. The summed E-state index contributed by atoms with van der Waals surface area (Å²) in [6, 6.07) is -1.74. The highest BCUT2D eigenvalue weighted by Crippen LogP contribution is 2.24. The number of amides is 2. The van der Waals surface area contributed by atoms with Crippen LogP contribution in [0.15, 0.2) is 48.1 Å². The first-order chi connectivity index (χ1) is 16.2. The molecule has 2 amide bonds. The van der Waals surface area contributed by atoms with Crippen molar-refractivity contribution in [3.05, 3.63) is 48.1 Å². The normalized spacial score (nSPS) is 16.7. The van der Waals surface area contributed by atoms with Crippen LogP contribution in [-0.2, 0) is 28.7 Å². The number of hydrogen-bond acceptors (Lipinski definition) is 10. The van der Waals surface area contributed by atoms with E-state index in [1.807, 2.05) is 38.6 Å². The third kappa shape index (κ3) is 8.49. The van der Waals surface area contributed by atoms with Gasteiger partial charge in [0.05, 0.1) is 14.2 Å². The Balaban J connectivity index is 1.89. The van der Waals surface area contributed by atoms with E-state index in [0.717, 1.165) is 0 Å². The Bertz CT molecular complexity index is 830. The van der Waals surface area contributed by atoms with E-state index in [9.17, 15) is 19.2 Å². The Morgan fingerprint density at radius 1 is 0.824 bits per heavy atom. The molecule has 10 nitrogen and oxygen atoms in total. The van der Waals surface area contributed by atoms with E-state index in [0.29, 0.717) is 24.0 Å². The lowest BCUT2D eigenvalue weighted by molar-refractivity contribution is -0.144. The molecular formula is C22H30N4O6S2. The maximum absolute atomic E-state index is 12.6. The second kappa shape index (κ2) is 13.8. The molecule has 0 bridgehead atoms. The van der Waals surface area contributed by atoms with Gasteiger partial charge in [0.2, 0.25) is 11.8 Å². The third-order valence-electron chi connectivity index (χ3n) is 4.79. The number of carbonyl (C=O) groups excluding carboxylic acids is 4. The number of nitrogens with one attached hydrogen (secondary N) is 2. The summed E-state index contributed by atoms with van der Waals surface area (Å²) in [5.74, 6) is -1.41. The topological polar surface area (TPSA) is 117 Å². The van der Waals surface area contributed by atoms with Crippen LogP contribution in [0, 0.1) is 0 Å². The summed E-state index contributed by atoms with van der Waals surface area (Å²) in [5.41, 5.74) is 1.06. The number of rotatable bonds is 11. The van der Waals surface area contributed by atoms with Gasteiger partial charge < -0.3 is 29.9 Å². The van der Waals surface area contributed by atoms with E-state index in [4.69, 9.17) is 9.47 Å². The molecule has 0 aromatic heterocycles. The largest absolute Gasteiger partial charge is 0.467 e. The molecule has 0 spiro atoms. The monoisotopic (exact) mass is 510 g/mol. The van der Waals surface area contributed by atoms with Crippen LogP contribution in [0.3, 0.4) is 0 Å². The Labute approximate surface area is 207 Å². The zero-order valence-corrected chi connectivity index (χ0v) is 21.2. The Hall–Kier alpha value is -2.86. The van der Waals surface area contributed by atoms with Crippen molar-refractivity contribution in [2.24, 2.45) is 0 Å². The van der Waals surface area contributed by atoms with E-state index in [1.54, 1.807) is 22.2 Å². The van der Waals surface area contributed by atoms with Crippen LogP contribution in [0.2, 0.25) is 0 Å². The molecule has 2 N–H and O–H groups in total. The summed E-state index contributed by atoms with van der Waals surface area (Å²) in [7, 11) is 8.68. The molecule has 0 aromatic carbocycles. The molecule has 2 aliphatic heterocycles. The molecule has 0 saturated heterocycles. The molecule has 2 heterocycles. The second-order valence-corrected chi connectivity index (χ2v) is 10.0. The number of ether oxygens (including phenoxy) is 2. The van der Waals surface area contributed by atoms with Gasteiger partial charge in [-0.05, 0) is 25.2 Å². The van der Waals surface area contributed by atoms with Gasteiger partial charge in [0.1, 0.15) is 12.1 Å². The highest BCUT2D eigenvalue weighted by atomic mass is 33.1. The molecule has 2 rings (SSSR count). The number of nitrogens with zero attached hydrogens (tertiary/aromatic N) is 2. The average Bonchev–Trinajstić information content (AvgIpc) is 2.83. The van der Waals surface area contributed by atoms with Crippen LogP contribution in [0.5, 0.6) is 0 Å². The lowest BCUT2D eigenvalue weighted by atomic mass is 10.1. The first-order valence-electron chi connectivity index (χ1n) is 10.5. The predicted octanol–water partition coefficient (Wildman–Crippen LogP) is 1.15. The van der Waals surface area contributed by atoms with E-state index in [2.05, 4.69) is 10.6 Å². The molecular weight excluding hydrogens is 480 g/mol. The Morgan fingerprint density at radius 2 is 1.21 bits per heavy atom. The number of allylic oxidation sites excluding steroid dienone is 2. The molecule has 186 valence electrons. The summed E-state index contributed by atoms with van der Waals surface area (Å²) < 4.78 is 9.63. The van der Waals surface area contributed by atoms with Crippen molar-refractivity contribution in [2.45, 2.75) is 24.9 Å². The van der Waals surface area contributed by atoms with E-state index < -0.39 is 24.0 Å². The number of esters is 2. The van der Waals surface area contributed by atoms with Gasteiger partial charge in [0.25, 0.3) is 0 Å². The van der Waals surface area contributed by atoms with Gasteiger partial charge in [0, 0.05) is 49.1 Å². The van der Waals surface area contributed by atoms with Crippen LogP contribution in [0.25, 0.3) is 0 Å². The zero-order chi connectivity index (χ0) is 25.1. The summed E-state index contributed by atoms with van der Waals surface area (Å²) in [6.45, 7) is 0. The average molecular weight is 511 g/mol. The van der Waals surface area contributed by atoms with Crippen molar-refractivity contribution in [1.82, 2.24) is 20.4 Å². The van der Waals surface area contributed by atoms with Crippen LogP contribution in [-0.4, -0.2) is 85.5 Å². The minimum absolute atomic E-state index is 0.213. The summed E-state index contributed by atoms with van der Waals surface area (Å²) in [6.07, 6.45) is 11.7. The van der Waals surface area contributed by atoms with Gasteiger partial charge in [0.15, 0.2) is 0 Å². The molecule has 2 unspecified atom stereocenters. The summed E-state index contributed by atoms with van der Waals surface area (Å²) in [4.78, 5) is 53.0. The minimum atomic E-state index is -0.868. The molecule has 0 fully saturated rings. The first-order valence-corrected chi connectivity index (χ1v) is 12.9. The van der Waals surface area contributed by atoms with E-state index in [-0.39, 0.29) is 23.3 Å². The number of methoxy groups -OCH3 is 2. The molecule has 0 saturated carbocycles. The van der Waals surface area contributed by atoms with Crippen molar-refractivity contribution in [1.29, 1.82) is 0 Å². The minimum Gasteiger partial charge on any atom is -0.467 e. The predicted molar refractivity (Wildman–Crippen MR) is 132 cm³/mol. The second-order valence-electron chi connectivity index (χ2n) is 7.48. The van der Waals surface area contributed by atoms with Crippen molar-refractivity contribution < 1.29 is 28.7 Å². The Kier molecular flexibility index (Phi) is 11.1. The Morgan fingerprint density at radius 3 is 1.53 bits per heavy atom. The van der Waals surface area contributed by atoms with Crippen LogP contribution in [0.4, 0.5) is 0 Å². The molecule has 0 aliphatic carbocycles. The van der Waals surface area contributed by atoms with Crippen LogP contribution in [0.1, 0.15) is 12.8 Å². The van der Waals surface area contributed by atoms with Gasteiger partial charge >= 0.3 is 11.9 Å². The molecule has 0 radical (unpaired) electrons. The number of hydrogen-bond donors (Lipinski definition) is 2. The van der Waals surface area contributed by atoms with Crippen molar-refractivity contribution >= 4 is 45.3 Å². The van der Waals surface area contributed by atoms with Gasteiger partial charge in [-0.25, -0.2) is 9.59 Å². The molecule has 34 heavy (non-hydrogen) atoms. The lowest BCUT2D eigenvalue weighted by Gasteiger charge is -2.21. The SMILES string of the molecule is COC(=O)C(CSSCC(NC(=O)C1=CN(C)C=CC1)C(=O)OC)NC(=O)C1=CN(C)C=CC1. The third-order valence-corrected chi connectivity index (χ3v) is 7.22. The molecule has 0 aromatic rings.